The molecular formula is C15H12BrFN2O3S. The summed E-state index contributed by atoms with van der Waals surface area (Å²) in [6.07, 6.45) is 0. The van der Waals surface area contributed by atoms with Gasteiger partial charge in [-0.1, -0.05) is 15.9 Å². The summed E-state index contributed by atoms with van der Waals surface area (Å²) in [5.74, 6) is -1.13. The van der Waals surface area contributed by atoms with E-state index in [9.17, 15) is 14.4 Å². The van der Waals surface area contributed by atoms with Crippen molar-refractivity contribution in [2.45, 2.75) is 13.5 Å². The molecule has 1 aromatic carbocycles. The summed E-state index contributed by atoms with van der Waals surface area (Å²) in [5.41, 5.74) is 6.21. The minimum Gasteiger partial charge on any atom is -0.486 e. The number of nitrogen functional groups attached to an aromatic ring is 1. The molecule has 0 fully saturated rings. The van der Waals surface area contributed by atoms with Gasteiger partial charge in [0.1, 0.15) is 22.6 Å². The van der Waals surface area contributed by atoms with Crippen molar-refractivity contribution in [3.05, 3.63) is 44.5 Å². The molecule has 0 aliphatic heterocycles. The fourth-order valence-corrected chi connectivity index (χ4v) is 3.10. The topological polar surface area (TPSA) is 85.3 Å². The van der Waals surface area contributed by atoms with Gasteiger partial charge in [0, 0.05) is 10.0 Å². The van der Waals surface area contributed by atoms with Crippen LogP contribution in [-0.4, -0.2) is 12.6 Å². The van der Waals surface area contributed by atoms with Crippen molar-refractivity contribution in [2.75, 3.05) is 12.3 Å². The SMILES string of the molecule is CCOC(=O)c1sc(N)c(C#N)c1COc1ccc(Br)cc1F. The Kier molecular flexibility index (Phi) is 5.58. The van der Waals surface area contributed by atoms with Gasteiger partial charge in [-0.15, -0.1) is 11.3 Å². The van der Waals surface area contributed by atoms with Gasteiger partial charge >= 0.3 is 5.97 Å². The quantitative estimate of drug-likeness (QED) is 0.772. The predicted molar refractivity (Wildman–Crippen MR) is 87.8 cm³/mol. The highest BCUT2D eigenvalue weighted by Gasteiger charge is 2.23. The Balaban J connectivity index is 2.31. The maximum Gasteiger partial charge on any atom is 0.348 e. The minimum absolute atomic E-state index is 0.0108. The average molecular weight is 399 g/mol. The second-order valence-electron chi connectivity index (χ2n) is 4.34. The monoisotopic (exact) mass is 398 g/mol. The first-order valence-electron chi connectivity index (χ1n) is 6.54. The van der Waals surface area contributed by atoms with Gasteiger partial charge in [-0.3, -0.25) is 0 Å². The number of nitrogens with two attached hydrogens (primary N) is 1. The van der Waals surface area contributed by atoms with Crippen molar-refractivity contribution in [3.8, 4) is 11.8 Å². The highest BCUT2D eigenvalue weighted by Crippen LogP contribution is 2.32. The molecule has 5 nitrogen and oxygen atoms in total. The van der Waals surface area contributed by atoms with E-state index >= 15 is 0 Å². The third-order valence-corrected chi connectivity index (χ3v) is 4.41. The molecule has 0 aliphatic rings. The van der Waals surface area contributed by atoms with Crippen LogP contribution in [0.25, 0.3) is 0 Å². The lowest BCUT2D eigenvalue weighted by molar-refractivity contribution is 0.0529. The molecule has 0 unspecified atom stereocenters. The van der Waals surface area contributed by atoms with Gasteiger partial charge < -0.3 is 15.2 Å². The van der Waals surface area contributed by atoms with E-state index in [2.05, 4.69) is 15.9 Å². The maximum absolute atomic E-state index is 13.8. The minimum atomic E-state index is -0.583. The van der Waals surface area contributed by atoms with Gasteiger partial charge in [0.05, 0.1) is 12.2 Å². The number of ether oxygens (including phenoxy) is 2. The molecule has 2 N–H and O–H groups in total. The van der Waals surface area contributed by atoms with Crippen LogP contribution in [0.1, 0.15) is 27.7 Å². The zero-order valence-electron chi connectivity index (χ0n) is 12.1. The van der Waals surface area contributed by atoms with Crippen LogP contribution >= 0.6 is 27.3 Å². The number of halogens is 2. The van der Waals surface area contributed by atoms with E-state index in [0.29, 0.717) is 10.0 Å². The third kappa shape index (κ3) is 3.81. The normalized spacial score (nSPS) is 10.2. The molecule has 0 spiro atoms. The molecule has 0 radical (unpaired) electrons. The number of nitrogens with zero attached hydrogens (tertiary/aromatic N) is 1. The maximum atomic E-state index is 13.8. The van der Waals surface area contributed by atoms with Crippen LogP contribution in [0.4, 0.5) is 9.39 Å². The largest absolute Gasteiger partial charge is 0.486 e. The van der Waals surface area contributed by atoms with E-state index in [-0.39, 0.29) is 34.4 Å². The predicted octanol–water partition coefficient (Wildman–Crippen LogP) is 3.86. The molecule has 2 aromatic rings. The molecule has 0 amide bonds. The van der Waals surface area contributed by atoms with Crippen molar-refractivity contribution in [2.24, 2.45) is 0 Å². The number of hydrogen-bond acceptors (Lipinski definition) is 6. The van der Waals surface area contributed by atoms with Crippen LogP contribution < -0.4 is 10.5 Å². The van der Waals surface area contributed by atoms with Crippen molar-refractivity contribution in [3.63, 3.8) is 0 Å². The van der Waals surface area contributed by atoms with Gasteiger partial charge in [-0.25, -0.2) is 9.18 Å². The Morgan fingerprint density at radius 3 is 2.87 bits per heavy atom. The molecule has 8 heteroatoms. The number of nitriles is 1. The van der Waals surface area contributed by atoms with Gasteiger partial charge in [-0.05, 0) is 25.1 Å². The highest BCUT2D eigenvalue weighted by atomic mass is 79.9. The Morgan fingerprint density at radius 1 is 1.52 bits per heavy atom. The summed E-state index contributed by atoms with van der Waals surface area (Å²) < 4.78 is 24.7. The molecule has 0 saturated heterocycles. The molecule has 0 bridgehead atoms. The van der Waals surface area contributed by atoms with Crippen molar-refractivity contribution in [1.29, 1.82) is 5.26 Å². The number of anilines is 1. The lowest BCUT2D eigenvalue weighted by atomic mass is 10.1. The highest BCUT2D eigenvalue weighted by molar-refractivity contribution is 9.10. The third-order valence-electron chi connectivity index (χ3n) is 2.87. The number of thiophene rings is 1. The summed E-state index contributed by atoms with van der Waals surface area (Å²) in [5, 5.41) is 9.40. The standard InChI is InChI=1S/C15H12BrFN2O3S/c1-2-21-15(20)13-10(9(6-18)14(19)23-13)7-22-12-4-3-8(16)5-11(12)17/h3-5H,2,7,19H2,1H3. The second kappa shape index (κ2) is 7.44. The lowest BCUT2D eigenvalue weighted by Crippen LogP contribution is -2.08. The summed E-state index contributed by atoms with van der Waals surface area (Å²) >= 11 is 4.11. The summed E-state index contributed by atoms with van der Waals surface area (Å²) in [6.45, 7) is 1.71. The Morgan fingerprint density at radius 2 is 2.26 bits per heavy atom. The second-order valence-corrected chi connectivity index (χ2v) is 6.31. The lowest BCUT2D eigenvalue weighted by Gasteiger charge is -2.08. The summed E-state index contributed by atoms with van der Waals surface area (Å²) in [7, 11) is 0. The van der Waals surface area contributed by atoms with Crippen LogP contribution in [0.3, 0.4) is 0 Å². The smallest absolute Gasteiger partial charge is 0.348 e. The molecule has 120 valence electrons. The van der Waals surface area contributed by atoms with Gasteiger partial charge in [0.15, 0.2) is 11.6 Å². The van der Waals surface area contributed by atoms with Crippen molar-refractivity contribution >= 4 is 38.2 Å². The van der Waals surface area contributed by atoms with Crippen LogP contribution in [-0.2, 0) is 11.3 Å². The van der Waals surface area contributed by atoms with Crippen LogP contribution in [0, 0.1) is 17.1 Å². The first-order chi connectivity index (χ1) is 11.0. The van der Waals surface area contributed by atoms with Crippen LogP contribution in [0.15, 0.2) is 22.7 Å². The van der Waals surface area contributed by atoms with Gasteiger partial charge in [-0.2, -0.15) is 5.26 Å². The Labute approximate surface area is 144 Å². The van der Waals surface area contributed by atoms with Crippen molar-refractivity contribution in [1.82, 2.24) is 0 Å². The molecule has 0 aliphatic carbocycles. The van der Waals surface area contributed by atoms with E-state index < -0.39 is 11.8 Å². The van der Waals surface area contributed by atoms with E-state index in [1.807, 2.05) is 6.07 Å². The van der Waals surface area contributed by atoms with Gasteiger partial charge in [0.25, 0.3) is 0 Å². The number of carbonyl (C=O) groups excluding carboxylic acids is 1. The first-order valence-corrected chi connectivity index (χ1v) is 8.15. The fourth-order valence-electron chi connectivity index (χ4n) is 1.85. The number of esters is 1. The number of carbonyl (C=O) groups is 1. The summed E-state index contributed by atoms with van der Waals surface area (Å²) in [6, 6.07) is 6.27. The van der Waals surface area contributed by atoms with Crippen LogP contribution in [0.2, 0.25) is 0 Å². The zero-order valence-corrected chi connectivity index (χ0v) is 14.5. The molecular weight excluding hydrogens is 387 g/mol. The molecule has 2 rings (SSSR count). The Bertz CT molecular complexity index is 786. The first kappa shape index (κ1) is 17.2. The molecule has 1 heterocycles. The van der Waals surface area contributed by atoms with E-state index in [1.54, 1.807) is 13.0 Å². The van der Waals surface area contributed by atoms with E-state index in [0.717, 1.165) is 11.3 Å². The van der Waals surface area contributed by atoms with E-state index in [4.69, 9.17) is 15.2 Å². The number of benzene rings is 1. The Hall–Kier alpha value is -2.11. The van der Waals surface area contributed by atoms with Gasteiger partial charge in [0.2, 0.25) is 0 Å². The molecule has 0 saturated carbocycles. The molecule has 23 heavy (non-hydrogen) atoms. The molecule has 1 aromatic heterocycles. The zero-order chi connectivity index (χ0) is 17.0. The fraction of sp³-hybridized carbons (Fsp3) is 0.200. The summed E-state index contributed by atoms with van der Waals surface area (Å²) in [4.78, 5) is 12.2. The number of rotatable bonds is 5. The number of hydrogen-bond donors (Lipinski definition) is 1. The average Bonchev–Trinajstić information content (AvgIpc) is 2.82. The van der Waals surface area contributed by atoms with E-state index in [1.165, 1.54) is 12.1 Å². The molecule has 0 atom stereocenters. The van der Waals surface area contributed by atoms with Crippen molar-refractivity contribution < 1.29 is 18.7 Å². The van der Waals surface area contributed by atoms with Crippen LogP contribution in [0.5, 0.6) is 5.75 Å².